The summed E-state index contributed by atoms with van der Waals surface area (Å²) in [6.07, 6.45) is 0. The van der Waals surface area contributed by atoms with Crippen molar-refractivity contribution in [1.29, 1.82) is 0 Å². The maximum atomic E-state index is 13.4. The van der Waals surface area contributed by atoms with Crippen LogP contribution in [0.3, 0.4) is 0 Å². The van der Waals surface area contributed by atoms with Gasteiger partial charge in [-0.2, -0.15) is 0 Å². The monoisotopic (exact) mass is 297 g/mol. The summed E-state index contributed by atoms with van der Waals surface area (Å²) < 4.78 is 26.4. The summed E-state index contributed by atoms with van der Waals surface area (Å²) in [6, 6.07) is 4.00. The zero-order valence-corrected chi connectivity index (χ0v) is 11.1. The van der Waals surface area contributed by atoms with Crippen molar-refractivity contribution in [3.05, 3.63) is 51.9 Å². The number of benzene rings is 1. The highest BCUT2D eigenvalue weighted by atomic mass is 32.1. The first-order chi connectivity index (χ1) is 9.38. The third kappa shape index (κ3) is 2.83. The predicted octanol–water partition coefficient (Wildman–Crippen LogP) is 3.29. The first-order valence-corrected chi connectivity index (χ1v) is 6.30. The molecule has 0 aliphatic heterocycles. The van der Waals surface area contributed by atoms with Crippen molar-refractivity contribution in [2.45, 2.75) is 6.92 Å². The van der Waals surface area contributed by atoms with E-state index in [4.69, 9.17) is 5.11 Å². The molecule has 0 atom stereocenters. The standard InChI is InChI=1S/C13H9F2NO3S/c1-6-4-10(20-11(6)13(18)19)16-12(17)8-5-7(14)2-3-9(8)15/h2-5H,1H3,(H,16,17)(H,18,19). The van der Waals surface area contributed by atoms with Crippen LogP contribution in [0, 0.1) is 18.6 Å². The van der Waals surface area contributed by atoms with Gasteiger partial charge in [-0.05, 0) is 36.8 Å². The van der Waals surface area contributed by atoms with E-state index in [0.29, 0.717) is 5.56 Å². The van der Waals surface area contributed by atoms with Gasteiger partial charge in [-0.15, -0.1) is 11.3 Å². The number of carboxylic acid groups (broad SMARTS) is 1. The van der Waals surface area contributed by atoms with Gasteiger partial charge in [-0.25, -0.2) is 13.6 Å². The summed E-state index contributed by atoms with van der Waals surface area (Å²) in [5, 5.41) is 11.5. The lowest BCUT2D eigenvalue weighted by Gasteiger charge is -2.03. The van der Waals surface area contributed by atoms with Gasteiger partial charge >= 0.3 is 5.97 Å². The van der Waals surface area contributed by atoms with Gasteiger partial charge in [0, 0.05) is 0 Å². The van der Waals surface area contributed by atoms with E-state index < -0.39 is 29.1 Å². The van der Waals surface area contributed by atoms with Gasteiger partial charge in [0.1, 0.15) is 16.5 Å². The van der Waals surface area contributed by atoms with Crippen LogP contribution in [-0.2, 0) is 0 Å². The Balaban J connectivity index is 2.26. The Bertz CT molecular complexity index is 697. The lowest BCUT2D eigenvalue weighted by molar-refractivity contribution is 0.0701. The van der Waals surface area contributed by atoms with Crippen molar-refractivity contribution in [3.8, 4) is 0 Å². The Kier molecular flexibility index (Phi) is 3.80. The minimum atomic E-state index is -1.11. The number of aryl methyl sites for hydroxylation is 1. The fourth-order valence-corrected chi connectivity index (χ4v) is 2.51. The topological polar surface area (TPSA) is 66.4 Å². The second-order valence-corrected chi connectivity index (χ2v) is 5.06. The number of thiophene rings is 1. The van der Waals surface area contributed by atoms with Gasteiger partial charge in [0.25, 0.3) is 5.91 Å². The summed E-state index contributed by atoms with van der Waals surface area (Å²) in [5.74, 6) is -3.52. The lowest BCUT2D eigenvalue weighted by Crippen LogP contribution is -2.13. The molecule has 0 saturated carbocycles. The summed E-state index contributed by atoms with van der Waals surface area (Å²) >= 11 is 0.853. The van der Waals surface area contributed by atoms with Crippen LogP contribution in [0.15, 0.2) is 24.3 Å². The number of amides is 1. The van der Waals surface area contributed by atoms with Gasteiger partial charge < -0.3 is 10.4 Å². The van der Waals surface area contributed by atoms with E-state index in [1.54, 1.807) is 6.92 Å². The van der Waals surface area contributed by atoms with E-state index in [1.165, 1.54) is 6.07 Å². The van der Waals surface area contributed by atoms with Crippen molar-refractivity contribution >= 4 is 28.2 Å². The number of hydrogen-bond donors (Lipinski definition) is 2. The van der Waals surface area contributed by atoms with Crippen LogP contribution in [0.4, 0.5) is 13.8 Å². The van der Waals surface area contributed by atoms with E-state index in [0.717, 1.165) is 29.5 Å². The Morgan fingerprint density at radius 2 is 1.95 bits per heavy atom. The molecule has 104 valence electrons. The molecule has 20 heavy (non-hydrogen) atoms. The molecular formula is C13H9F2NO3S. The molecule has 0 spiro atoms. The zero-order chi connectivity index (χ0) is 14.9. The highest BCUT2D eigenvalue weighted by Crippen LogP contribution is 2.27. The Morgan fingerprint density at radius 1 is 1.25 bits per heavy atom. The van der Waals surface area contributed by atoms with Crippen molar-refractivity contribution < 1.29 is 23.5 Å². The average Bonchev–Trinajstić information content (AvgIpc) is 2.73. The van der Waals surface area contributed by atoms with E-state index >= 15 is 0 Å². The fraction of sp³-hybridized carbons (Fsp3) is 0.0769. The largest absolute Gasteiger partial charge is 0.477 e. The van der Waals surface area contributed by atoms with Crippen LogP contribution in [0.25, 0.3) is 0 Å². The van der Waals surface area contributed by atoms with Crippen LogP contribution in [0.2, 0.25) is 0 Å². The Labute approximate surface area is 116 Å². The molecule has 1 aromatic heterocycles. The van der Waals surface area contributed by atoms with Crippen molar-refractivity contribution in [2.24, 2.45) is 0 Å². The molecule has 0 fully saturated rings. The molecule has 2 rings (SSSR count). The second-order valence-electron chi connectivity index (χ2n) is 4.01. The molecule has 0 aliphatic rings. The molecule has 0 radical (unpaired) electrons. The number of anilines is 1. The molecule has 0 bridgehead atoms. The number of rotatable bonds is 3. The van der Waals surface area contributed by atoms with E-state index in [9.17, 15) is 18.4 Å². The molecule has 2 aromatic rings. The van der Waals surface area contributed by atoms with Gasteiger partial charge in [0.15, 0.2) is 0 Å². The molecule has 1 heterocycles. The average molecular weight is 297 g/mol. The molecule has 1 amide bonds. The number of carbonyl (C=O) groups is 2. The molecular weight excluding hydrogens is 288 g/mol. The molecule has 2 N–H and O–H groups in total. The SMILES string of the molecule is Cc1cc(NC(=O)c2cc(F)ccc2F)sc1C(=O)O. The van der Waals surface area contributed by atoms with Gasteiger partial charge in [0.2, 0.25) is 0 Å². The number of carbonyl (C=O) groups excluding carboxylic acids is 1. The van der Waals surface area contributed by atoms with Gasteiger partial charge in [0.05, 0.1) is 10.6 Å². The van der Waals surface area contributed by atoms with Crippen LogP contribution < -0.4 is 5.32 Å². The maximum Gasteiger partial charge on any atom is 0.346 e. The summed E-state index contributed by atoms with van der Waals surface area (Å²) in [4.78, 5) is 22.8. The smallest absolute Gasteiger partial charge is 0.346 e. The van der Waals surface area contributed by atoms with E-state index in [2.05, 4.69) is 5.32 Å². The predicted molar refractivity (Wildman–Crippen MR) is 70.3 cm³/mol. The summed E-state index contributed by atoms with van der Waals surface area (Å²) in [6.45, 7) is 1.58. The van der Waals surface area contributed by atoms with Crippen LogP contribution >= 0.6 is 11.3 Å². The Hall–Kier alpha value is -2.28. The van der Waals surface area contributed by atoms with E-state index in [1.807, 2.05) is 0 Å². The maximum absolute atomic E-state index is 13.4. The second kappa shape index (κ2) is 5.38. The normalized spacial score (nSPS) is 10.3. The van der Waals surface area contributed by atoms with Crippen molar-refractivity contribution in [2.75, 3.05) is 5.32 Å². The number of nitrogens with one attached hydrogen (secondary N) is 1. The van der Waals surface area contributed by atoms with E-state index in [-0.39, 0.29) is 9.88 Å². The highest BCUT2D eigenvalue weighted by molar-refractivity contribution is 7.18. The molecule has 1 aromatic carbocycles. The summed E-state index contributed by atoms with van der Waals surface area (Å²) in [5.41, 5.74) is 0.0467. The quantitative estimate of drug-likeness (QED) is 0.913. The molecule has 0 aliphatic carbocycles. The van der Waals surface area contributed by atoms with Crippen LogP contribution in [0.1, 0.15) is 25.6 Å². The van der Waals surface area contributed by atoms with Crippen LogP contribution in [0.5, 0.6) is 0 Å². The molecule has 0 unspecified atom stereocenters. The Morgan fingerprint density at radius 3 is 2.55 bits per heavy atom. The summed E-state index contributed by atoms with van der Waals surface area (Å²) in [7, 11) is 0. The zero-order valence-electron chi connectivity index (χ0n) is 10.2. The number of carboxylic acids is 1. The number of hydrogen-bond acceptors (Lipinski definition) is 3. The fourth-order valence-electron chi connectivity index (χ4n) is 1.61. The number of halogens is 2. The van der Waals surface area contributed by atoms with Crippen molar-refractivity contribution in [1.82, 2.24) is 0 Å². The van der Waals surface area contributed by atoms with Gasteiger partial charge in [-0.1, -0.05) is 0 Å². The molecule has 7 heteroatoms. The minimum absolute atomic E-state index is 0.0833. The van der Waals surface area contributed by atoms with Crippen molar-refractivity contribution in [3.63, 3.8) is 0 Å². The third-order valence-electron chi connectivity index (χ3n) is 2.52. The van der Waals surface area contributed by atoms with Gasteiger partial charge in [-0.3, -0.25) is 4.79 Å². The highest BCUT2D eigenvalue weighted by Gasteiger charge is 2.17. The molecule has 0 saturated heterocycles. The first kappa shape index (κ1) is 14.1. The first-order valence-electron chi connectivity index (χ1n) is 5.48. The molecule has 4 nitrogen and oxygen atoms in total. The van der Waals surface area contributed by atoms with Crippen LogP contribution in [-0.4, -0.2) is 17.0 Å². The number of aromatic carboxylic acids is 1. The minimum Gasteiger partial charge on any atom is -0.477 e. The lowest BCUT2D eigenvalue weighted by atomic mass is 10.2. The third-order valence-corrected chi connectivity index (χ3v) is 3.66.